The molecule has 0 amide bonds. The summed E-state index contributed by atoms with van der Waals surface area (Å²) >= 11 is 0. The van der Waals surface area contributed by atoms with Gasteiger partial charge in [0.1, 0.15) is 0 Å². The largest absolute Gasteiger partial charge is 1.00 e. The number of carbonyl (C=O) groups excluding carboxylic acids is 2. The summed E-state index contributed by atoms with van der Waals surface area (Å²) in [6, 6.07) is 10.0. The van der Waals surface area contributed by atoms with Gasteiger partial charge in [-0.2, -0.15) is 0 Å². The van der Waals surface area contributed by atoms with E-state index in [4.69, 9.17) is 10.2 Å². The Balaban J connectivity index is 0. The first-order valence-electron chi connectivity index (χ1n) is 6.31. The molecule has 0 atom stereocenters. The fourth-order valence-corrected chi connectivity index (χ4v) is 1.56. The van der Waals surface area contributed by atoms with Crippen molar-refractivity contribution in [3.05, 3.63) is 70.8 Å². The van der Waals surface area contributed by atoms with Gasteiger partial charge >= 0.3 is 71.1 Å². The summed E-state index contributed by atoms with van der Waals surface area (Å²) in [5.41, 5.74) is -0.377. The quantitative estimate of drug-likeness (QED) is 0.499. The standard InChI is InChI=1S/2C8H6O4.2Na/c2*9-7(10)5-2-1-3-6(4-5)8(11)12;;/h2*1-4H,(H,9,10)(H,11,12);;/q;;2*+1/p-2. The molecule has 0 aliphatic rings. The monoisotopic (exact) mass is 376 g/mol. The summed E-state index contributed by atoms with van der Waals surface area (Å²) < 4.78 is 0. The average Bonchev–Trinajstić information content (AvgIpc) is 2.55. The van der Waals surface area contributed by atoms with Gasteiger partial charge in [-0.05, 0) is 35.4 Å². The summed E-state index contributed by atoms with van der Waals surface area (Å²) in [6.07, 6.45) is 0. The van der Waals surface area contributed by atoms with Crippen molar-refractivity contribution in [1.29, 1.82) is 0 Å². The first kappa shape index (κ1) is 26.5. The summed E-state index contributed by atoms with van der Waals surface area (Å²) in [6.45, 7) is 0. The summed E-state index contributed by atoms with van der Waals surface area (Å²) in [5.74, 6) is -5.06. The van der Waals surface area contributed by atoms with Crippen molar-refractivity contribution in [3.63, 3.8) is 0 Å². The Bertz CT molecular complexity index is 678. The van der Waals surface area contributed by atoms with E-state index >= 15 is 0 Å². The fraction of sp³-hybridized carbons (Fsp3) is 0. The second kappa shape index (κ2) is 12.6. The van der Waals surface area contributed by atoms with Gasteiger partial charge in [-0.25, -0.2) is 9.59 Å². The van der Waals surface area contributed by atoms with Gasteiger partial charge in [0.2, 0.25) is 0 Å². The number of carboxylic acids is 4. The van der Waals surface area contributed by atoms with Gasteiger partial charge in [0.05, 0.1) is 23.1 Å². The predicted octanol–water partition coefficient (Wildman–Crippen LogP) is -6.50. The van der Waals surface area contributed by atoms with Gasteiger partial charge in [0.15, 0.2) is 0 Å². The minimum absolute atomic E-state index is 0. The minimum Gasteiger partial charge on any atom is -0.545 e. The molecule has 0 unspecified atom stereocenters. The molecule has 2 N–H and O–H groups in total. The van der Waals surface area contributed by atoms with Gasteiger partial charge in [0.25, 0.3) is 0 Å². The zero-order valence-electron chi connectivity index (χ0n) is 14.0. The maximum atomic E-state index is 10.4. The molecular weight excluding hydrogens is 366 g/mol. The van der Waals surface area contributed by atoms with Gasteiger partial charge in [-0.15, -0.1) is 0 Å². The third-order valence-electron chi connectivity index (χ3n) is 2.69. The first-order valence-corrected chi connectivity index (χ1v) is 6.31. The Kier molecular flexibility index (Phi) is 12.9. The molecule has 2 rings (SSSR count). The molecule has 0 spiro atoms. The van der Waals surface area contributed by atoms with Crippen molar-refractivity contribution in [2.45, 2.75) is 0 Å². The molecule has 0 heterocycles. The van der Waals surface area contributed by atoms with Gasteiger partial charge < -0.3 is 30.0 Å². The van der Waals surface area contributed by atoms with Crippen LogP contribution in [0.4, 0.5) is 0 Å². The normalized spacial score (nSPS) is 8.62. The molecule has 124 valence electrons. The predicted molar refractivity (Wildman–Crippen MR) is 75.5 cm³/mol. The molecule has 0 saturated carbocycles. The molecule has 0 aliphatic carbocycles. The van der Waals surface area contributed by atoms with E-state index in [1.165, 1.54) is 36.4 Å². The smallest absolute Gasteiger partial charge is 0.545 e. The Morgan fingerprint density at radius 3 is 1.15 bits per heavy atom. The van der Waals surface area contributed by atoms with Crippen LogP contribution >= 0.6 is 0 Å². The van der Waals surface area contributed by atoms with Crippen LogP contribution in [0.3, 0.4) is 0 Å². The number of hydrogen-bond donors (Lipinski definition) is 2. The van der Waals surface area contributed by atoms with Crippen molar-refractivity contribution >= 4 is 23.9 Å². The zero-order valence-corrected chi connectivity index (χ0v) is 18.0. The molecule has 10 heteroatoms. The van der Waals surface area contributed by atoms with Crippen LogP contribution in [0.25, 0.3) is 0 Å². The summed E-state index contributed by atoms with van der Waals surface area (Å²) in [7, 11) is 0. The molecule has 2 aromatic rings. The van der Waals surface area contributed by atoms with Crippen LogP contribution in [-0.4, -0.2) is 34.1 Å². The molecule has 0 saturated heterocycles. The Hall–Kier alpha value is -1.68. The molecule has 0 fully saturated rings. The van der Waals surface area contributed by atoms with E-state index in [-0.39, 0.29) is 81.4 Å². The van der Waals surface area contributed by atoms with E-state index < -0.39 is 23.9 Å². The van der Waals surface area contributed by atoms with Crippen molar-refractivity contribution in [1.82, 2.24) is 0 Å². The van der Waals surface area contributed by atoms with Crippen LogP contribution in [-0.2, 0) is 0 Å². The van der Waals surface area contributed by atoms with E-state index in [2.05, 4.69) is 0 Å². The maximum absolute atomic E-state index is 10.4. The van der Waals surface area contributed by atoms with E-state index in [1.54, 1.807) is 0 Å². The van der Waals surface area contributed by atoms with Crippen molar-refractivity contribution in [3.8, 4) is 0 Å². The molecule has 0 radical (unpaired) electrons. The van der Waals surface area contributed by atoms with Crippen LogP contribution in [0.2, 0.25) is 0 Å². The summed E-state index contributed by atoms with van der Waals surface area (Å²) in [4.78, 5) is 41.3. The Labute approximate surface area is 192 Å². The van der Waals surface area contributed by atoms with Gasteiger partial charge in [-0.1, -0.05) is 24.3 Å². The molecular formula is C16H10Na2O8. The number of rotatable bonds is 4. The topological polar surface area (TPSA) is 155 Å². The molecule has 2 aromatic carbocycles. The molecule has 8 nitrogen and oxygen atoms in total. The molecule has 26 heavy (non-hydrogen) atoms. The third kappa shape index (κ3) is 8.61. The van der Waals surface area contributed by atoms with Crippen LogP contribution in [0.15, 0.2) is 48.5 Å². The third-order valence-corrected chi connectivity index (χ3v) is 2.69. The Morgan fingerprint density at radius 2 is 0.885 bits per heavy atom. The second-order valence-corrected chi connectivity index (χ2v) is 4.35. The van der Waals surface area contributed by atoms with Crippen LogP contribution in [0, 0.1) is 0 Å². The zero-order chi connectivity index (χ0) is 18.3. The molecule has 0 aliphatic heterocycles. The number of hydrogen-bond acceptors (Lipinski definition) is 6. The molecule has 0 aromatic heterocycles. The van der Waals surface area contributed by atoms with Crippen LogP contribution in [0.5, 0.6) is 0 Å². The van der Waals surface area contributed by atoms with Crippen LogP contribution in [0.1, 0.15) is 41.4 Å². The first-order chi connectivity index (χ1) is 11.2. The van der Waals surface area contributed by atoms with Gasteiger partial charge in [-0.3, -0.25) is 0 Å². The maximum Gasteiger partial charge on any atom is 1.00 e. The Morgan fingerprint density at radius 1 is 0.615 bits per heavy atom. The number of benzene rings is 2. The second-order valence-electron chi connectivity index (χ2n) is 4.35. The average molecular weight is 376 g/mol. The summed E-state index contributed by atoms with van der Waals surface area (Å²) in [5, 5.41) is 37.5. The van der Waals surface area contributed by atoms with Crippen molar-refractivity contribution in [2.24, 2.45) is 0 Å². The number of aromatic carboxylic acids is 4. The van der Waals surface area contributed by atoms with Crippen molar-refractivity contribution < 1.29 is 98.7 Å². The SMILES string of the molecule is O=C(O)c1cccc(C(=O)O)c1.O=C([O-])c1cccc(C(=O)[O-])c1.[Na+].[Na+]. The van der Waals surface area contributed by atoms with E-state index in [0.717, 1.165) is 12.1 Å². The van der Waals surface area contributed by atoms with Crippen molar-refractivity contribution in [2.75, 3.05) is 0 Å². The van der Waals surface area contributed by atoms with E-state index in [9.17, 15) is 29.4 Å². The minimum atomic E-state index is -1.40. The van der Waals surface area contributed by atoms with Crippen LogP contribution < -0.4 is 69.3 Å². The van der Waals surface area contributed by atoms with E-state index in [1.807, 2.05) is 0 Å². The fourth-order valence-electron chi connectivity index (χ4n) is 1.56. The van der Waals surface area contributed by atoms with Gasteiger partial charge in [0, 0.05) is 0 Å². The van der Waals surface area contributed by atoms with E-state index in [0.29, 0.717) is 0 Å². The number of carbonyl (C=O) groups is 4. The molecule has 0 bridgehead atoms. The number of carboxylic acid groups (broad SMARTS) is 4.